The molecule has 0 aliphatic heterocycles. The average Bonchev–Trinajstić information content (AvgIpc) is 3.57. The van der Waals surface area contributed by atoms with Crippen LogP contribution in [0.3, 0.4) is 0 Å². The Hall–Kier alpha value is -5.86. The Labute approximate surface area is 261 Å². The number of pyridine rings is 2. The standard InChI is InChI=1S/C43H26N2/c1-2-12-28-24-38-35(23-27(28)11-1)42-33-16-4-3-13-30(33)34(29-20-21-41(45-26-29)40-19-9-10-22-44-40)25-39(42)43(38)36-17-7-5-14-31(36)32-15-6-8-18-37(32)43/h1-26H. The van der Waals surface area contributed by atoms with Gasteiger partial charge >= 0.3 is 0 Å². The Morgan fingerprint density at radius 2 is 1.04 bits per heavy atom. The van der Waals surface area contributed by atoms with Crippen molar-refractivity contribution in [1.29, 1.82) is 0 Å². The van der Waals surface area contributed by atoms with Crippen LogP contribution in [0.5, 0.6) is 0 Å². The first kappa shape index (κ1) is 24.6. The van der Waals surface area contributed by atoms with Gasteiger partial charge in [0.2, 0.25) is 0 Å². The highest BCUT2D eigenvalue weighted by atomic mass is 14.8. The van der Waals surface area contributed by atoms with E-state index in [0.29, 0.717) is 0 Å². The molecule has 2 aromatic heterocycles. The summed E-state index contributed by atoms with van der Waals surface area (Å²) in [7, 11) is 0. The minimum Gasteiger partial charge on any atom is -0.255 e. The summed E-state index contributed by atoms with van der Waals surface area (Å²) >= 11 is 0. The third-order valence-corrected chi connectivity index (χ3v) is 9.96. The molecule has 0 N–H and O–H groups in total. The van der Waals surface area contributed by atoms with Crippen molar-refractivity contribution in [2.24, 2.45) is 0 Å². The second-order valence-corrected chi connectivity index (χ2v) is 12.1. The molecular formula is C43H26N2. The normalized spacial score (nSPS) is 13.5. The third kappa shape index (κ3) is 3.23. The van der Waals surface area contributed by atoms with Gasteiger partial charge in [-0.1, -0.05) is 109 Å². The van der Waals surface area contributed by atoms with Crippen molar-refractivity contribution in [3.63, 3.8) is 0 Å². The molecule has 0 amide bonds. The van der Waals surface area contributed by atoms with Crippen LogP contribution in [0.25, 0.3) is 66.3 Å². The first-order valence-electron chi connectivity index (χ1n) is 15.5. The topological polar surface area (TPSA) is 25.8 Å². The summed E-state index contributed by atoms with van der Waals surface area (Å²) in [6.45, 7) is 0. The lowest BCUT2D eigenvalue weighted by molar-refractivity contribution is 0.796. The van der Waals surface area contributed by atoms with Crippen LogP contribution in [0.4, 0.5) is 0 Å². The quantitative estimate of drug-likeness (QED) is 0.207. The van der Waals surface area contributed by atoms with E-state index in [-0.39, 0.29) is 0 Å². The predicted octanol–water partition coefficient (Wildman–Crippen LogP) is 10.5. The maximum Gasteiger partial charge on any atom is 0.0886 e. The van der Waals surface area contributed by atoms with Crippen LogP contribution < -0.4 is 0 Å². The van der Waals surface area contributed by atoms with Gasteiger partial charge in [0.15, 0.2) is 0 Å². The number of nitrogens with zero attached hydrogens (tertiary/aromatic N) is 2. The van der Waals surface area contributed by atoms with Crippen molar-refractivity contribution in [1.82, 2.24) is 9.97 Å². The Bertz CT molecular complexity index is 2430. The molecule has 8 aromatic rings. The van der Waals surface area contributed by atoms with Gasteiger partial charge in [-0.2, -0.15) is 0 Å². The largest absolute Gasteiger partial charge is 0.255 e. The lowest BCUT2D eigenvalue weighted by atomic mass is 9.69. The lowest BCUT2D eigenvalue weighted by Crippen LogP contribution is -2.26. The number of hydrogen-bond acceptors (Lipinski definition) is 2. The zero-order chi connectivity index (χ0) is 29.5. The highest BCUT2D eigenvalue weighted by Gasteiger charge is 2.52. The predicted molar refractivity (Wildman–Crippen MR) is 184 cm³/mol. The summed E-state index contributed by atoms with van der Waals surface area (Å²) in [6.07, 6.45) is 3.83. The molecule has 0 unspecified atom stereocenters. The van der Waals surface area contributed by atoms with Gasteiger partial charge in [0, 0.05) is 18.0 Å². The van der Waals surface area contributed by atoms with E-state index in [1.54, 1.807) is 0 Å². The van der Waals surface area contributed by atoms with Gasteiger partial charge < -0.3 is 0 Å². The Morgan fingerprint density at radius 1 is 0.400 bits per heavy atom. The smallest absolute Gasteiger partial charge is 0.0886 e. The molecule has 2 aliphatic carbocycles. The van der Waals surface area contributed by atoms with Gasteiger partial charge in [0.1, 0.15) is 0 Å². The van der Waals surface area contributed by atoms with Crippen molar-refractivity contribution >= 4 is 21.5 Å². The van der Waals surface area contributed by atoms with E-state index >= 15 is 0 Å². The Morgan fingerprint density at radius 3 is 1.76 bits per heavy atom. The van der Waals surface area contributed by atoms with E-state index in [1.165, 1.54) is 71.6 Å². The summed E-state index contributed by atoms with van der Waals surface area (Å²) in [6, 6.07) is 53.3. The molecule has 0 saturated carbocycles. The van der Waals surface area contributed by atoms with Gasteiger partial charge in [-0.15, -0.1) is 0 Å². The van der Waals surface area contributed by atoms with E-state index in [0.717, 1.165) is 17.0 Å². The molecular weight excluding hydrogens is 544 g/mol. The molecule has 208 valence electrons. The van der Waals surface area contributed by atoms with Crippen LogP contribution in [-0.4, -0.2) is 9.97 Å². The number of hydrogen-bond donors (Lipinski definition) is 0. The van der Waals surface area contributed by atoms with Crippen molar-refractivity contribution in [2.75, 3.05) is 0 Å². The molecule has 0 bridgehead atoms. The van der Waals surface area contributed by atoms with Crippen LogP contribution in [0.1, 0.15) is 22.3 Å². The zero-order valence-corrected chi connectivity index (χ0v) is 24.4. The van der Waals surface area contributed by atoms with Crippen LogP contribution in [0.2, 0.25) is 0 Å². The summed E-state index contributed by atoms with van der Waals surface area (Å²) in [5.74, 6) is 0. The highest BCUT2D eigenvalue weighted by molar-refractivity contribution is 6.12. The zero-order valence-electron chi connectivity index (χ0n) is 24.4. The van der Waals surface area contributed by atoms with Gasteiger partial charge in [0.25, 0.3) is 0 Å². The average molecular weight is 571 g/mol. The summed E-state index contributed by atoms with van der Waals surface area (Å²) in [4.78, 5) is 9.42. The molecule has 2 heterocycles. The van der Waals surface area contributed by atoms with Gasteiger partial charge in [-0.3, -0.25) is 9.97 Å². The van der Waals surface area contributed by atoms with E-state index in [4.69, 9.17) is 4.98 Å². The fourth-order valence-corrected chi connectivity index (χ4v) is 8.14. The number of fused-ring (bicyclic) bond motifs is 13. The molecule has 0 fully saturated rings. The first-order valence-corrected chi connectivity index (χ1v) is 15.5. The SMILES string of the molecule is c1ccc(-c2ccc(-c3cc4c(c5ccccc35)-c3cc5ccccc5cc3C43c4ccccc4-c4ccccc43)cn2)nc1. The second kappa shape index (κ2) is 9.07. The van der Waals surface area contributed by atoms with E-state index < -0.39 is 5.41 Å². The van der Waals surface area contributed by atoms with Crippen LogP contribution in [-0.2, 0) is 5.41 Å². The first-order chi connectivity index (χ1) is 22.3. The maximum absolute atomic E-state index is 4.90. The summed E-state index contributed by atoms with van der Waals surface area (Å²) in [5, 5.41) is 5.04. The van der Waals surface area contributed by atoms with Crippen LogP contribution in [0.15, 0.2) is 158 Å². The molecule has 2 nitrogen and oxygen atoms in total. The highest BCUT2D eigenvalue weighted by Crippen LogP contribution is 2.64. The molecule has 6 aromatic carbocycles. The monoisotopic (exact) mass is 570 g/mol. The Balaban J connectivity index is 1.34. The Kier molecular flexibility index (Phi) is 4.95. The number of rotatable bonds is 2. The molecule has 0 atom stereocenters. The molecule has 0 saturated heterocycles. The van der Waals surface area contributed by atoms with Crippen molar-refractivity contribution < 1.29 is 0 Å². The lowest BCUT2D eigenvalue weighted by Gasteiger charge is -2.31. The molecule has 45 heavy (non-hydrogen) atoms. The minimum atomic E-state index is -0.429. The fraction of sp³-hybridized carbons (Fsp3) is 0.0233. The van der Waals surface area contributed by atoms with Crippen molar-refractivity contribution in [3.05, 3.63) is 180 Å². The van der Waals surface area contributed by atoms with Crippen molar-refractivity contribution in [2.45, 2.75) is 5.41 Å². The van der Waals surface area contributed by atoms with E-state index in [1.807, 2.05) is 30.6 Å². The molecule has 1 spiro atoms. The van der Waals surface area contributed by atoms with E-state index in [9.17, 15) is 0 Å². The van der Waals surface area contributed by atoms with Crippen LogP contribution in [0, 0.1) is 0 Å². The molecule has 2 aliphatic rings. The molecule has 10 rings (SSSR count). The third-order valence-electron chi connectivity index (χ3n) is 9.96. The van der Waals surface area contributed by atoms with Gasteiger partial charge in [0.05, 0.1) is 16.8 Å². The van der Waals surface area contributed by atoms with Gasteiger partial charge in [-0.05, 0) is 108 Å². The second-order valence-electron chi connectivity index (χ2n) is 12.1. The van der Waals surface area contributed by atoms with Crippen LogP contribution >= 0.6 is 0 Å². The number of aromatic nitrogens is 2. The van der Waals surface area contributed by atoms with E-state index in [2.05, 4.69) is 132 Å². The minimum absolute atomic E-state index is 0.429. The fourth-order valence-electron chi connectivity index (χ4n) is 8.14. The maximum atomic E-state index is 4.90. The number of benzene rings is 6. The summed E-state index contributed by atoms with van der Waals surface area (Å²) < 4.78 is 0. The molecule has 0 radical (unpaired) electrons. The van der Waals surface area contributed by atoms with Crippen molar-refractivity contribution in [3.8, 4) is 44.8 Å². The summed E-state index contributed by atoms with van der Waals surface area (Å²) in [5.41, 5.74) is 14.3. The van der Waals surface area contributed by atoms with Gasteiger partial charge in [-0.25, -0.2) is 0 Å². The molecule has 2 heteroatoms.